The van der Waals surface area contributed by atoms with Crippen LogP contribution >= 0.6 is 22.9 Å². The second-order valence-electron chi connectivity index (χ2n) is 5.67. The third-order valence-electron chi connectivity index (χ3n) is 3.56. The lowest BCUT2D eigenvalue weighted by Gasteiger charge is -2.20. The van der Waals surface area contributed by atoms with Gasteiger partial charge in [0.1, 0.15) is 10.7 Å². The van der Waals surface area contributed by atoms with E-state index >= 15 is 0 Å². The number of amides is 1. The molecule has 2 aromatic rings. The molecule has 0 saturated heterocycles. The Hall–Kier alpha value is -1.48. The SMILES string of the molecule is CCCNC(=O)c1csc(CN(CCC)S(=O)(=O)c2ccc(Cl)cc2)n1. The first kappa shape index (κ1) is 20.8. The Labute approximate surface area is 163 Å². The van der Waals surface area contributed by atoms with E-state index in [0.717, 1.165) is 6.42 Å². The van der Waals surface area contributed by atoms with Crippen molar-refractivity contribution in [2.45, 2.75) is 38.1 Å². The molecule has 142 valence electrons. The molecule has 6 nitrogen and oxygen atoms in total. The van der Waals surface area contributed by atoms with Gasteiger partial charge in [0.05, 0.1) is 11.4 Å². The molecule has 1 aromatic carbocycles. The maximum atomic E-state index is 12.9. The number of benzene rings is 1. The van der Waals surface area contributed by atoms with Crippen LogP contribution in [0, 0.1) is 0 Å². The molecule has 0 aliphatic heterocycles. The van der Waals surface area contributed by atoms with Gasteiger partial charge in [-0.15, -0.1) is 11.3 Å². The van der Waals surface area contributed by atoms with Crippen molar-refractivity contribution in [1.29, 1.82) is 0 Å². The van der Waals surface area contributed by atoms with Crippen LogP contribution in [0.3, 0.4) is 0 Å². The Morgan fingerprint density at radius 3 is 2.54 bits per heavy atom. The van der Waals surface area contributed by atoms with Crippen molar-refractivity contribution in [3.63, 3.8) is 0 Å². The molecule has 9 heteroatoms. The summed E-state index contributed by atoms with van der Waals surface area (Å²) >= 11 is 7.13. The van der Waals surface area contributed by atoms with E-state index in [9.17, 15) is 13.2 Å². The molecule has 0 aliphatic carbocycles. The van der Waals surface area contributed by atoms with E-state index in [4.69, 9.17) is 11.6 Å². The summed E-state index contributed by atoms with van der Waals surface area (Å²) in [6.45, 7) is 4.96. The third-order valence-corrected chi connectivity index (χ3v) is 6.50. The van der Waals surface area contributed by atoms with Crippen molar-refractivity contribution in [3.8, 4) is 0 Å². The van der Waals surface area contributed by atoms with Gasteiger partial charge >= 0.3 is 0 Å². The van der Waals surface area contributed by atoms with Crippen LogP contribution in [0.1, 0.15) is 42.2 Å². The number of carbonyl (C=O) groups excluding carboxylic acids is 1. The van der Waals surface area contributed by atoms with E-state index in [-0.39, 0.29) is 17.3 Å². The molecule has 2 rings (SSSR count). The predicted octanol–water partition coefficient (Wildman–Crippen LogP) is 3.54. The highest BCUT2D eigenvalue weighted by Crippen LogP contribution is 2.22. The highest BCUT2D eigenvalue weighted by atomic mass is 35.5. The quantitative estimate of drug-likeness (QED) is 0.679. The number of thiazole rings is 1. The molecule has 0 saturated carbocycles. The van der Waals surface area contributed by atoms with E-state index in [2.05, 4.69) is 10.3 Å². The maximum absolute atomic E-state index is 12.9. The lowest BCUT2D eigenvalue weighted by Crippen LogP contribution is -2.31. The van der Waals surface area contributed by atoms with E-state index < -0.39 is 10.0 Å². The summed E-state index contributed by atoms with van der Waals surface area (Å²) in [7, 11) is -3.66. The first-order valence-electron chi connectivity index (χ1n) is 8.36. The van der Waals surface area contributed by atoms with Crippen LogP contribution in [0.15, 0.2) is 34.5 Å². The monoisotopic (exact) mass is 415 g/mol. The fraction of sp³-hybridized carbons (Fsp3) is 0.412. The van der Waals surface area contributed by atoms with Gasteiger partial charge in [0.25, 0.3) is 5.91 Å². The molecular formula is C17H22ClN3O3S2. The van der Waals surface area contributed by atoms with Gasteiger partial charge < -0.3 is 5.32 Å². The Kier molecular flexibility index (Phi) is 7.57. The maximum Gasteiger partial charge on any atom is 0.270 e. The smallest absolute Gasteiger partial charge is 0.270 e. The number of rotatable bonds is 9. The zero-order chi connectivity index (χ0) is 19.2. The molecule has 1 aromatic heterocycles. The van der Waals surface area contributed by atoms with Gasteiger partial charge in [-0.25, -0.2) is 13.4 Å². The van der Waals surface area contributed by atoms with Crippen molar-refractivity contribution in [2.75, 3.05) is 13.1 Å². The molecule has 1 amide bonds. The van der Waals surface area contributed by atoms with E-state index in [0.29, 0.717) is 35.2 Å². The van der Waals surface area contributed by atoms with E-state index in [1.165, 1.54) is 27.8 Å². The second kappa shape index (κ2) is 9.45. The van der Waals surface area contributed by atoms with Crippen molar-refractivity contribution in [1.82, 2.24) is 14.6 Å². The zero-order valence-electron chi connectivity index (χ0n) is 14.7. The molecule has 0 fully saturated rings. The van der Waals surface area contributed by atoms with Gasteiger partial charge in [0.15, 0.2) is 0 Å². The minimum Gasteiger partial charge on any atom is -0.351 e. The molecule has 26 heavy (non-hydrogen) atoms. The normalized spacial score (nSPS) is 11.7. The van der Waals surface area contributed by atoms with E-state index in [1.807, 2.05) is 13.8 Å². The average molecular weight is 416 g/mol. The Balaban J connectivity index is 2.19. The molecule has 1 heterocycles. The molecule has 0 atom stereocenters. The summed E-state index contributed by atoms with van der Waals surface area (Å²) in [4.78, 5) is 16.4. The van der Waals surface area contributed by atoms with Crippen LogP contribution in [0.25, 0.3) is 0 Å². The molecule has 0 radical (unpaired) electrons. The van der Waals surface area contributed by atoms with Gasteiger partial charge in [-0.2, -0.15) is 4.31 Å². The van der Waals surface area contributed by atoms with Gasteiger partial charge in [-0.1, -0.05) is 25.4 Å². The van der Waals surface area contributed by atoms with Crippen LogP contribution in [-0.2, 0) is 16.6 Å². The lowest BCUT2D eigenvalue weighted by molar-refractivity contribution is 0.0949. The Bertz CT molecular complexity index is 835. The largest absolute Gasteiger partial charge is 0.351 e. The van der Waals surface area contributed by atoms with Gasteiger partial charge in [-0.3, -0.25) is 4.79 Å². The van der Waals surface area contributed by atoms with Crippen molar-refractivity contribution < 1.29 is 13.2 Å². The summed E-state index contributed by atoms with van der Waals surface area (Å²) in [5.41, 5.74) is 0.318. The van der Waals surface area contributed by atoms with Crippen LogP contribution in [-0.4, -0.2) is 36.7 Å². The number of halogens is 1. The molecular weight excluding hydrogens is 394 g/mol. The predicted molar refractivity (Wildman–Crippen MR) is 104 cm³/mol. The fourth-order valence-electron chi connectivity index (χ4n) is 2.26. The third kappa shape index (κ3) is 5.26. The second-order valence-corrected chi connectivity index (χ2v) is 8.99. The highest BCUT2D eigenvalue weighted by Gasteiger charge is 2.25. The van der Waals surface area contributed by atoms with Crippen molar-refractivity contribution >= 4 is 38.9 Å². The molecule has 0 aliphatic rings. The highest BCUT2D eigenvalue weighted by molar-refractivity contribution is 7.89. The number of hydrogen-bond acceptors (Lipinski definition) is 5. The zero-order valence-corrected chi connectivity index (χ0v) is 17.1. The standard InChI is InChI=1S/C17H22ClN3O3S2/c1-3-9-19-17(22)15-12-25-16(20-15)11-21(10-4-2)26(23,24)14-7-5-13(18)6-8-14/h5-8,12H,3-4,9-11H2,1-2H3,(H,19,22). The average Bonchev–Trinajstić information content (AvgIpc) is 3.08. The molecule has 0 unspecified atom stereocenters. The minimum absolute atomic E-state index is 0.129. The first-order valence-corrected chi connectivity index (χ1v) is 11.1. The first-order chi connectivity index (χ1) is 12.4. The van der Waals surface area contributed by atoms with Crippen LogP contribution < -0.4 is 5.32 Å². The topological polar surface area (TPSA) is 79.4 Å². The fourth-order valence-corrected chi connectivity index (χ4v) is 4.75. The number of carbonyl (C=O) groups is 1. The summed E-state index contributed by atoms with van der Waals surface area (Å²) in [5, 5.41) is 5.48. The number of nitrogens with zero attached hydrogens (tertiary/aromatic N) is 2. The Morgan fingerprint density at radius 2 is 1.92 bits per heavy atom. The van der Waals surface area contributed by atoms with Gasteiger partial charge in [-0.05, 0) is 37.1 Å². The lowest BCUT2D eigenvalue weighted by atomic mass is 10.4. The summed E-state index contributed by atoms with van der Waals surface area (Å²) in [5.74, 6) is -0.239. The van der Waals surface area contributed by atoms with Crippen molar-refractivity contribution in [2.24, 2.45) is 0 Å². The van der Waals surface area contributed by atoms with Crippen LogP contribution in [0.4, 0.5) is 0 Å². The number of nitrogens with one attached hydrogen (secondary N) is 1. The minimum atomic E-state index is -3.66. The van der Waals surface area contributed by atoms with E-state index in [1.54, 1.807) is 17.5 Å². The van der Waals surface area contributed by atoms with Crippen LogP contribution in [0.5, 0.6) is 0 Å². The number of aromatic nitrogens is 1. The van der Waals surface area contributed by atoms with Gasteiger partial charge in [0, 0.05) is 23.5 Å². The van der Waals surface area contributed by atoms with Crippen molar-refractivity contribution in [3.05, 3.63) is 45.4 Å². The number of hydrogen-bond donors (Lipinski definition) is 1. The number of sulfonamides is 1. The van der Waals surface area contributed by atoms with Gasteiger partial charge in [0.2, 0.25) is 10.0 Å². The summed E-state index contributed by atoms with van der Waals surface area (Å²) in [6, 6.07) is 6.09. The molecule has 1 N–H and O–H groups in total. The molecule has 0 bridgehead atoms. The molecule has 0 spiro atoms. The summed E-state index contributed by atoms with van der Waals surface area (Å²) in [6.07, 6.45) is 1.51. The van der Waals surface area contributed by atoms with Crippen LogP contribution in [0.2, 0.25) is 5.02 Å². The Morgan fingerprint density at radius 1 is 1.23 bits per heavy atom. The summed E-state index contributed by atoms with van der Waals surface area (Å²) < 4.78 is 27.2.